The molecule has 0 spiro atoms. The van der Waals surface area contributed by atoms with Crippen molar-refractivity contribution in [1.82, 2.24) is 10.2 Å². The number of hydrogen-bond donors (Lipinski definition) is 2. The number of anilines is 1. The molecule has 19 heavy (non-hydrogen) atoms. The Labute approximate surface area is 116 Å². The molecule has 0 radical (unpaired) electrons. The first kappa shape index (κ1) is 15.5. The van der Waals surface area contributed by atoms with Crippen LogP contribution >= 0.6 is 0 Å². The third kappa shape index (κ3) is 5.75. The van der Waals surface area contributed by atoms with Crippen molar-refractivity contribution in [2.75, 3.05) is 25.9 Å². The Bertz CT molecular complexity index is 389. The van der Waals surface area contributed by atoms with Gasteiger partial charge in [0.1, 0.15) is 0 Å². The van der Waals surface area contributed by atoms with Gasteiger partial charge in [-0.15, -0.1) is 0 Å². The lowest BCUT2D eigenvalue weighted by molar-refractivity contribution is -0.120. The smallest absolute Gasteiger partial charge is 0.224 e. The monoisotopic (exact) mass is 263 g/mol. The summed E-state index contributed by atoms with van der Waals surface area (Å²) in [5, 5.41) is 2.94. The van der Waals surface area contributed by atoms with E-state index in [1.165, 1.54) is 0 Å². The fourth-order valence-corrected chi connectivity index (χ4v) is 1.79. The first-order valence-electron chi connectivity index (χ1n) is 6.84. The Balaban J connectivity index is 2.26. The van der Waals surface area contributed by atoms with Gasteiger partial charge in [0.25, 0.3) is 0 Å². The van der Waals surface area contributed by atoms with E-state index in [9.17, 15) is 4.79 Å². The predicted octanol–water partition coefficient (Wildman–Crippen LogP) is 1.66. The third-order valence-electron chi connectivity index (χ3n) is 3.47. The molecule has 1 unspecified atom stereocenters. The maximum atomic E-state index is 11.8. The lowest BCUT2D eigenvalue weighted by Crippen LogP contribution is -2.37. The fraction of sp³-hybridized carbons (Fsp3) is 0.533. The van der Waals surface area contributed by atoms with Crippen molar-refractivity contribution in [3.63, 3.8) is 0 Å². The van der Waals surface area contributed by atoms with E-state index < -0.39 is 0 Å². The molecule has 0 heterocycles. The largest absolute Gasteiger partial charge is 0.399 e. The van der Waals surface area contributed by atoms with E-state index in [1.807, 2.05) is 24.3 Å². The van der Waals surface area contributed by atoms with Gasteiger partial charge in [-0.05, 0) is 38.1 Å². The molecule has 0 saturated heterocycles. The van der Waals surface area contributed by atoms with Crippen molar-refractivity contribution >= 4 is 11.6 Å². The van der Waals surface area contributed by atoms with E-state index in [1.54, 1.807) is 0 Å². The second-order valence-electron chi connectivity index (χ2n) is 5.01. The molecule has 0 bridgehead atoms. The zero-order valence-electron chi connectivity index (χ0n) is 12.1. The van der Waals surface area contributed by atoms with Crippen molar-refractivity contribution in [2.24, 2.45) is 0 Å². The van der Waals surface area contributed by atoms with Crippen LogP contribution in [0.1, 0.15) is 25.8 Å². The number of likely N-dealkylation sites (N-methyl/N-ethyl adjacent to an activating group) is 1. The molecule has 4 nitrogen and oxygen atoms in total. The molecule has 1 amide bonds. The van der Waals surface area contributed by atoms with Crippen LogP contribution in [0, 0.1) is 0 Å². The number of carbonyl (C=O) groups excluding carboxylic acids is 1. The molecule has 0 aliphatic rings. The highest BCUT2D eigenvalue weighted by Crippen LogP contribution is 2.05. The fourth-order valence-electron chi connectivity index (χ4n) is 1.79. The van der Waals surface area contributed by atoms with E-state index in [0.717, 1.165) is 24.2 Å². The first-order valence-corrected chi connectivity index (χ1v) is 6.84. The number of nitrogens with two attached hydrogens (primary N) is 1. The van der Waals surface area contributed by atoms with Crippen LogP contribution in [0.2, 0.25) is 0 Å². The third-order valence-corrected chi connectivity index (χ3v) is 3.47. The average molecular weight is 263 g/mol. The number of nitrogens with zero attached hydrogens (tertiary/aromatic N) is 1. The molecule has 0 aliphatic heterocycles. The van der Waals surface area contributed by atoms with E-state index in [0.29, 0.717) is 19.0 Å². The van der Waals surface area contributed by atoms with E-state index in [4.69, 9.17) is 5.73 Å². The van der Waals surface area contributed by atoms with Crippen molar-refractivity contribution in [3.05, 3.63) is 29.8 Å². The molecule has 0 fully saturated rings. The van der Waals surface area contributed by atoms with E-state index in [-0.39, 0.29) is 5.91 Å². The minimum atomic E-state index is 0.0577. The van der Waals surface area contributed by atoms with Crippen molar-refractivity contribution < 1.29 is 4.79 Å². The van der Waals surface area contributed by atoms with E-state index in [2.05, 4.69) is 31.1 Å². The van der Waals surface area contributed by atoms with Crippen LogP contribution in [-0.4, -0.2) is 37.0 Å². The highest BCUT2D eigenvalue weighted by molar-refractivity contribution is 5.78. The minimum absolute atomic E-state index is 0.0577. The van der Waals surface area contributed by atoms with Gasteiger partial charge < -0.3 is 16.0 Å². The van der Waals surface area contributed by atoms with Gasteiger partial charge in [-0.3, -0.25) is 4.79 Å². The number of nitrogens with one attached hydrogen (secondary N) is 1. The summed E-state index contributed by atoms with van der Waals surface area (Å²) in [7, 11) is 2.08. The molecule has 1 aromatic rings. The van der Waals surface area contributed by atoms with Gasteiger partial charge in [0, 0.05) is 24.8 Å². The topological polar surface area (TPSA) is 58.4 Å². The molecule has 1 atom stereocenters. The lowest BCUT2D eigenvalue weighted by Gasteiger charge is -2.23. The van der Waals surface area contributed by atoms with Crippen LogP contribution in [0.4, 0.5) is 5.69 Å². The van der Waals surface area contributed by atoms with Gasteiger partial charge in [-0.25, -0.2) is 0 Å². The van der Waals surface area contributed by atoms with Crippen molar-refractivity contribution in [2.45, 2.75) is 32.7 Å². The second kappa shape index (κ2) is 7.79. The Morgan fingerprint density at radius 1 is 1.37 bits per heavy atom. The van der Waals surface area contributed by atoms with Crippen molar-refractivity contribution in [3.8, 4) is 0 Å². The number of hydrogen-bond acceptors (Lipinski definition) is 3. The molecular weight excluding hydrogens is 238 g/mol. The summed E-state index contributed by atoms with van der Waals surface area (Å²) in [4.78, 5) is 14.0. The Morgan fingerprint density at radius 2 is 2.00 bits per heavy atom. The summed E-state index contributed by atoms with van der Waals surface area (Å²) in [5.41, 5.74) is 7.32. The molecule has 0 aliphatic carbocycles. The van der Waals surface area contributed by atoms with Crippen LogP contribution in [0.3, 0.4) is 0 Å². The van der Waals surface area contributed by atoms with Crippen LogP contribution in [0.15, 0.2) is 24.3 Å². The van der Waals surface area contributed by atoms with Crippen LogP contribution in [0.5, 0.6) is 0 Å². The zero-order chi connectivity index (χ0) is 14.3. The maximum absolute atomic E-state index is 11.8. The molecule has 0 saturated carbocycles. The Kier molecular flexibility index (Phi) is 6.36. The average Bonchev–Trinajstić information content (AvgIpc) is 2.40. The number of carbonyl (C=O) groups is 1. The highest BCUT2D eigenvalue weighted by Gasteiger charge is 2.07. The highest BCUT2D eigenvalue weighted by atomic mass is 16.1. The van der Waals surface area contributed by atoms with Gasteiger partial charge in [-0.2, -0.15) is 0 Å². The minimum Gasteiger partial charge on any atom is -0.399 e. The maximum Gasteiger partial charge on any atom is 0.224 e. The lowest BCUT2D eigenvalue weighted by atomic mass is 10.1. The summed E-state index contributed by atoms with van der Waals surface area (Å²) < 4.78 is 0. The number of rotatable bonds is 7. The summed E-state index contributed by atoms with van der Waals surface area (Å²) >= 11 is 0. The normalized spacial score (nSPS) is 12.4. The second-order valence-corrected chi connectivity index (χ2v) is 5.01. The first-order chi connectivity index (χ1) is 9.02. The number of nitrogen functional groups attached to an aromatic ring is 1. The van der Waals surface area contributed by atoms with Gasteiger partial charge >= 0.3 is 0 Å². The summed E-state index contributed by atoms with van der Waals surface area (Å²) in [6.07, 6.45) is 1.53. The predicted molar refractivity (Wildman–Crippen MR) is 80.0 cm³/mol. The SMILES string of the molecule is CCC(C)N(C)CCNC(=O)Cc1ccc(N)cc1. The molecule has 0 aromatic heterocycles. The van der Waals surface area contributed by atoms with Crippen LogP contribution in [-0.2, 0) is 11.2 Å². The molecule has 106 valence electrons. The van der Waals surface area contributed by atoms with Crippen LogP contribution < -0.4 is 11.1 Å². The Morgan fingerprint density at radius 3 is 2.58 bits per heavy atom. The van der Waals surface area contributed by atoms with Gasteiger partial charge in [0.15, 0.2) is 0 Å². The molecule has 1 aromatic carbocycles. The summed E-state index contributed by atoms with van der Waals surface area (Å²) in [6.45, 7) is 5.92. The number of benzene rings is 1. The molecule has 3 N–H and O–H groups in total. The summed E-state index contributed by atoms with van der Waals surface area (Å²) in [5.74, 6) is 0.0577. The van der Waals surface area contributed by atoms with Crippen LogP contribution in [0.25, 0.3) is 0 Å². The van der Waals surface area contributed by atoms with Gasteiger partial charge in [0.2, 0.25) is 5.91 Å². The van der Waals surface area contributed by atoms with Gasteiger partial charge in [-0.1, -0.05) is 19.1 Å². The molecule has 4 heteroatoms. The number of amides is 1. The molecular formula is C15H25N3O. The van der Waals surface area contributed by atoms with Gasteiger partial charge in [0.05, 0.1) is 6.42 Å². The van der Waals surface area contributed by atoms with E-state index >= 15 is 0 Å². The molecule has 1 rings (SSSR count). The standard InChI is InChI=1S/C15H25N3O/c1-4-12(2)18(3)10-9-17-15(19)11-13-5-7-14(16)8-6-13/h5-8,12H,4,9-11,16H2,1-3H3,(H,17,19). The zero-order valence-corrected chi connectivity index (χ0v) is 12.1. The summed E-state index contributed by atoms with van der Waals surface area (Å²) in [6, 6.07) is 7.97. The van der Waals surface area contributed by atoms with Crippen molar-refractivity contribution in [1.29, 1.82) is 0 Å². The quantitative estimate of drug-likeness (QED) is 0.736. The Hall–Kier alpha value is -1.55.